The molecular formula is C11H10N2O3S. The summed E-state index contributed by atoms with van der Waals surface area (Å²) in [5.41, 5.74) is 0. The fourth-order valence-electron chi connectivity index (χ4n) is 1.40. The number of nitrogens with zero attached hydrogens (tertiary/aromatic N) is 2. The van der Waals surface area contributed by atoms with Crippen LogP contribution in [0.4, 0.5) is 0 Å². The highest BCUT2D eigenvalue weighted by Crippen LogP contribution is 2.12. The Morgan fingerprint density at radius 2 is 2.35 bits per heavy atom. The van der Waals surface area contributed by atoms with E-state index in [-0.39, 0.29) is 5.82 Å². The quantitative estimate of drug-likeness (QED) is 0.467. The second kappa shape index (κ2) is 4.92. The summed E-state index contributed by atoms with van der Waals surface area (Å²) < 4.78 is 6.02. The molecule has 88 valence electrons. The van der Waals surface area contributed by atoms with E-state index in [0.717, 1.165) is 4.88 Å². The third-order valence-corrected chi connectivity index (χ3v) is 3.06. The molecule has 2 aromatic rings. The Morgan fingerprint density at radius 3 is 3.00 bits per heavy atom. The zero-order valence-corrected chi connectivity index (χ0v) is 9.94. The number of methoxy groups -OCH3 is 1. The van der Waals surface area contributed by atoms with Crippen molar-refractivity contribution in [1.82, 2.24) is 9.55 Å². The lowest BCUT2D eigenvalue weighted by atomic mass is 10.3. The van der Waals surface area contributed by atoms with E-state index < -0.39 is 11.8 Å². The number of hydrogen-bond acceptors (Lipinski definition) is 5. The van der Waals surface area contributed by atoms with Crippen LogP contribution in [0.25, 0.3) is 0 Å². The normalized spacial score (nSPS) is 10.2. The molecule has 0 N–H and O–H groups in total. The van der Waals surface area contributed by atoms with E-state index in [1.165, 1.54) is 13.3 Å². The zero-order valence-electron chi connectivity index (χ0n) is 9.12. The van der Waals surface area contributed by atoms with Crippen LogP contribution in [-0.4, -0.2) is 28.4 Å². The molecule has 0 fully saturated rings. The number of esters is 1. The predicted octanol–water partition coefficient (Wildman–Crippen LogP) is 1.35. The summed E-state index contributed by atoms with van der Waals surface area (Å²) in [5, 5.41) is 1.95. The highest BCUT2D eigenvalue weighted by Gasteiger charge is 2.21. The van der Waals surface area contributed by atoms with Gasteiger partial charge in [0.2, 0.25) is 0 Å². The van der Waals surface area contributed by atoms with Crippen molar-refractivity contribution < 1.29 is 14.3 Å². The number of ketones is 1. The number of thiophene rings is 1. The van der Waals surface area contributed by atoms with Crippen molar-refractivity contribution in [3.8, 4) is 0 Å². The van der Waals surface area contributed by atoms with Crippen LogP contribution < -0.4 is 0 Å². The van der Waals surface area contributed by atoms with Crippen molar-refractivity contribution in [2.45, 2.75) is 6.54 Å². The van der Waals surface area contributed by atoms with Crippen molar-refractivity contribution >= 4 is 23.1 Å². The Hall–Kier alpha value is -1.95. The largest absolute Gasteiger partial charge is 0.463 e. The summed E-state index contributed by atoms with van der Waals surface area (Å²) >= 11 is 1.58. The fraction of sp³-hybridized carbons (Fsp3) is 0.182. The van der Waals surface area contributed by atoms with E-state index in [0.29, 0.717) is 6.54 Å². The second-order valence-electron chi connectivity index (χ2n) is 3.28. The molecule has 0 amide bonds. The Balaban J connectivity index is 2.23. The first kappa shape index (κ1) is 11.5. The Labute approximate surface area is 102 Å². The Bertz CT molecular complexity index is 531. The number of carbonyl (C=O) groups excluding carboxylic acids is 2. The first-order chi connectivity index (χ1) is 8.22. The molecule has 0 aromatic carbocycles. The van der Waals surface area contributed by atoms with E-state index >= 15 is 0 Å². The summed E-state index contributed by atoms with van der Waals surface area (Å²) in [6, 6.07) is 3.88. The average Bonchev–Trinajstić information content (AvgIpc) is 2.99. The van der Waals surface area contributed by atoms with Crippen LogP contribution in [0.1, 0.15) is 15.5 Å². The highest BCUT2D eigenvalue weighted by atomic mass is 32.1. The van der Waals surface area contributed by atoms with Gasteiger partial charge in [-0.25, -0.2) is 9.78 Å². The van der Waals surface area contributed by atoms with Crippen LogP contribution in [0.15, 0.2) is 29.9 Å². The summed E-state index contributed by atoms with van der Waals surface area (Å²) in [4.78, 5) is 27.7. The molecule has 0 aliphatic heterocycles. The topological polar surface area (TPSA) is 61.2 Å². The van der Waals surface area contributed by atoms with E-state index in [4.69, 9.17) is 0 Å². The first-order valence-corrected chi connectivity index (χ1v) is 5.76. The number of carbonyl (C=O) groups is 2. The number of aromatic nitrogens is 2. The van der Waals surface area contributed by atoms with Gasteiger partial charge in [0.05, 0.1) is 13.7 Å². The molecule has 5 nitrogen and oxygen atoms in total. The second-order valence-corrected chi connectivity index (χ2v) is 4.31. The third kappa shape index (κ3) is 2.42. The molecule has 0 radical (unpaired) electrons. The maximum absolute atomic E-state index is 11.6. The molecule has 0 aliphatic carbocycles. The van der Waals surface area contributed by atoms with Crippen molar-refractivity contribution in [3.05, 3.63) is 40.6 Å². The molecule has 6 heteroatoms. The monoisotopic (exact) mass is 250 g/mol. The van der Waals surface area contributed by atoms with Gasteiger partial charge in [-0.15, -0.1) is 11.3 Å². The molecule has 2 heterocycles. The van der Waals surface area contributed by atoms with Crippen molar-refractivity contribution in [2.24, 2.45) is 0 Å². The number of Topliss-reactive ketones (excluding diaryl/α,β-unsaturated/α-hetero) is 1. The molecular weight excluding hydrogens is 240 g/mol. The average molecular weight is 250 g/mol. The minimum Gasteiger partial charge on any atom is -0.463 e. The van der Waals surface area contributed by atoms with E-state index in [1.54, 1.807) is 22.1 Å². The van der Waals surface area contributed by atoms with Crippen LogP contribution >= 0.6 is 11.3 Å². The minimum atomic E-state index is -0.899. The van der Waals surface area contributed by atoms with Gasteiger partial charge >= 0.3 is 11.8 Å². The number of imidazole rings is 1. The van der Waals surface area contributed by atoms with Gasteiger partial charge in [-0.2, -0.15) is 0 Å². The molecule has 0 saturated heterocycles. The maximum atomic E-state index is 11.6. The van der Waals surface area contributed by atoms with Gasteiger partial charge in [0.1, 0.15) is 0 Å². The number of hydrogen-bond donors (Lipinski definition) is 0. The molecule has 2 aromatic heterocycles. The SMILES string of the molecule is COC(=O)C(=O)c1nccn1Cc1cccs1. The molecule has 0 spiro atoms. The van der Waals surface area contributed by atoms with Crippen LogP contribution in [0.5, 0.6) is 0 Å². The summed E-state index contributed by atoms with van der Waals surface area (Å²) in [6.45, 7) is 0.524. The molecule has 0 bridgehead atoms. The van der Waals surface area contributed by atoms with Crippen LogP contribution in [-0.2, 0) is 16.1 Å². The summed E-state index contributed by atoms with van der Waals surface area (Å²) in [5.74, 6) is -1.53. The van der Waals surface area contributed by atoms with E-state index in [1.807, 2.05) is 17.5 Å². The highest BCUT2D eigenvalue weighted by molar-refractivity contribution is 7.09. The first-order valence-electron chi connectivity index (χ1n) is 4.88. The van der Waals surface area contributed by atoms with Gasteiger partial charge in [-0.1, -0.05) is 6.07 Å². The van der Waals surface area contributed by atoms with Crippen LogP contribution in [0.2, 0.25) is 0 Å². The fourth-order valence-corrected chi connectivity index (χ4v) is 2.10. The summed E-state index contributed by atoms with van der Waals surface area (Å²) in [7, 11) is 1.17. The lowest BCUT2D eigenvalue weighted by Crippen LogP contribution is -2.20. The lowest BCUT2D eigenvalue weighted by molar-refractivity contribution is -0.135. The molecule has 0 saturated carbocycles. The van der Waals surface area contributed by atoms with E-state index in [2.05, 4.69) is 9.72 Å². The third-order valence-electron chi connectivity index (χ3n) is 2.20. The zero-order chi connectivity index (χ0) is 12.3. The van der Waals surface area contributed by atoms with Crippen molar-refractivity contribution in [3.63, 3.8) is 0 Å². The predicted molar refractivity (Wildman–Crippen MR) is 62.0 cm³/mol. The van der Waals surface area contributed by atoms with Crippen LogP contribution in [0.3, 0.4) is 0 Å². The maximum Gasteiger partial charge on any atom is 0.382 e. The van der Waals surface area contributed by atoms with Crippen LogP contribution in [0, 0.1) is 0 Å². The molecule has 17 heavy (non-hydrogen) atoms. The van der Waals surface area contributed by atoms with Gasteiger partial charge in [0.25, 0.3) is 0 Å². The minimum absolute atomic E-state index is 0.102. The molecule has 2 rings (SSSR count). The number of ether oxygens (including phenoxy) is 1. The van der Waals surface area contributed by atoms with Crippen molar-refractivity contribution in [1.29, 1.82) is 0 Å². The van der Waals surface area contributed by atoms with Gasteiger partial charge in [-0.05, 0) is 11.4 Å². The van der Waals surface area contributed by atoms with Gasteiger partial charge in [0, 0.05) is 17.3 Å². The standard InChI is InChI=1S/C11H10N2O3S/c1-16-11(15)9(14)10-12-4-5-13(10)7-8-3-2-6-17-8/h2-6H,7H2,1H3. The number of rotatable bonds is 4. The van der Waals surface area contributed by atoms with Crippen molar-refractivity contribution in [2.75, 3.05) is 7.11 Å². The molecule has 0 aliphatic rings. The Morgan fingerprint density at radius 1 is 1.53 bits per heavy atom. The molecule has 0 atom stereocenters. The molecule has 0 unspecified atom stereocenters. The smallest absolute Gasteiger partial charge is 0.382 e. The van der Waals surface area contributed by atoms with Gasteiger partial charge < -0.3 is 9.30 Å². The van der Waals surface area contributed by atoms with Gasteiger partial charge in [-0.3, -0.25) is 4.79 Å². The summed E-state index contributed by atoms with van der Waals surface area (Å²) in [6.07, 6.45) is 3.15. The van der Waals surface area contributed by atoms with E-state index in [9.17, 15) is 9.59 Å². The lowest BCUT2D eigenvalue weighted by Gasteiger charge is -2.04. The van der Waals surface area contributed by atoms with Gasteiger partial charge in [0.15, 0.2) is 5.82 Å². The Kier molecular flexibility index (Phi) is 3.34.